The Morgan fingerprint density at radius 3 is 2.64 bits per heavy atom. The molecule has 1 heterocycles. The van der Waals surface area contributed by atoms with Crippen LogP contribution >= 0.6 is 11.6 Å². The van der Waals surface area contributed by atoms with Gasteiger partial charge in [0.2, 0.25) is 0 Å². The van der Waals surface area contributed by atoms with E-state index >= 15 is 0 Å². The molecule has 1 amide bonds. The lowest BCUT2D eigenvalue weighted by Crippen LogP contribution is -2.30. The number of rotatable bonds is 4. The largest absolute Gasteiger partial charge is 0.448 e. The number of hydrogen-bond donors (Lipinski definition) is 1. The Bertz CT molecular complexity index is 946. The zero-order chi connectivity index (χ0) is 17.8. The molecule has 0 radical (unpaired) electrons. The molecule has 1 N–H and O–H groups in total. The smallest absolute Gasteiger partial charge is 0.359 e. The number of hydrogen-bond acceptors (Lipinski definition) is 5. The van der Waals surface area contributed by atoms with Crippen molar-refractivity contribution in [2.45, 2.75) is 13.0 Å². The highest BCUT2D eigenvalue weighted by Gasteiger charge is 2.20. The summed E-state index contributed by atoms with van der Waals surface area (Å²) in [6.07, 6.45) is 0.325. The van der Waals surface area contributed by atoms with Gasteiger partial charge in [-0.25, -0.2) is 9.78 Å². The normalized spacial score (nSPS) is 11.8. The number of amides is 1. The standard InChI is InChI=1S/C18H14ClN3O3/c1-11(17(23)21-13-6-4-5-12(19)9-13)25-18(24)16-10-20-14-7-2-3-8-15(14)22-16/h2-11H,1H3,(H,21,23). The van der Waals surface area contributed by atoms with Crippen molar-refractivity contribution in [1.82, 2.24) is 9.97 Å². The van der Waals surface area contributed by atoms with Gasteiger partial charge in [-0.05, 0) is 37.3 Å². The summed E-state index contributed by atoms with van der Waals surface area (Å²) in [5, 5.41) is 3.13. The van der Waals surface area contributed by atoms with Crippen molar-refractivity contribution in [1.29, 1.82) is 0 Å². The number of halogens is 1. The molecular weight excluding hydrogens is 342 g/mol. The molecule has 1 aromatic heterocycles. The Kier molecular flexibility index (Phi) is 4.90. The van der Waals surface area contributed by atoms with E-state index in [2.05, 4.69) is 15.3 Å². The fourth-order valence-electron chi connectivity index (χ4n) is 2.14. The molecule has 0 aliphatic rings. The lowest BCUT2D eigenvalue weighted by molar-refractivity contribution is -0.123. The van der Waals surface area contributed by atoms with Crippen LogP contribution in [-0.2, 0) is 9.53 Å². The summed E-state index contributed by atoms with van der Waals surface area (Å²) >= 11 is 5.87. The Balaban J connectivity index is 1.67. The van der Waals surface area contributed by atoms with E-state index < -0.39 is 18.0 Å². The lowest BCUT2D eigenvalue weighted by Gasteiger charge is -2.13. The number of carbonyl (C=O) groups is 2. The van der Waals surface area contributed by atoms with Crippen LogP contribution in [0.4, 0.5) is 5.69 Å². The molecule has 0 saturated heterocycles. The molecule has 1 unspecified atom stereocenters. The maximum absolute atomic E-state index is 12.2. The molecule has 7 heteroatoms. The first-order valence-electron chi connectivity index (χ1n) is 7.52. The molecule has 0 saturated carbocycles. The predicted octanol–water partition coefficient (Wildman–Crippen LogP) is 3.47. The second-order valence-electron chi connectivity index (χ2n) is 5.29. The zero-order valence-corrected chi connectivity index (χ0v) is 14.0. The summed E-state index contributed by atoms with van der Waals surface area (Å²) in [7, 11) is 0. The topological polar surface area (TPSA) is 81.2 Å². The minimum atomic E-state index is -1.00. The number of anilines is 1. The van der Waals surface area contributed by atoms with E-state index in [0.29, 0.717) is 21.7 Å². The Hall–Kier alpha value is -2.99. The van der Waals surface area contributed by atoms with Gasteiger partial charge >= 0.3 is 5.97 Å². The van der Waals surface area contributed by atoms with Crippen LogP contribution in [0, 0.1) is 0 Å². The first-order chi connectivity index (χ1) is 12.0. The molecule has 3 rings (SSSR count). The molecule has 0 spiro atoms. The minimum absolute atomic E-state index is 0.0427. The van der Waals surface area contributed by atoms with Gasteiger partial charge in [-0.2, -0.15) is 0 Å². The van der Waals surface area contributed by atoms with Crippen LogP contribution in [0.15, 0.2) is 54.7 Å². The van der Waals surface area contributed by atoms with Gasteiger partial charge in [0.1, 0.15) is 0 Å². The van der Waals surface area contributed by atoms with Gasteiger partial charge in [0.25, 0.3) is 5.91 Å². The van der Waals surface area contributed by atoms with Crippen LogP contribution in [0.25, 0.3) is 11.0 Å². The molecular formula is C18H14ClN3O3. The number of para-hydroxylation sites is 2. The Morgan fingerprint density at radius 1 is 1.12 bits per heavy atom. The summed E-state index contributed by atoms with van der Waals surface area (Å²) in [6, 6.07) is 13.9. The van der Waals surface area contributed by atoms with E-state index in [0.717, 1.165) is 0 Å². The fourth-order valence-corrected chi connectivity index (χ4v) is 2.33. The fraction of sp³-hybridized carbons (Fsp3) is 0.111. The average molecular weight is 356 g/mol. The van der Waals surface area contributed by atoms with Gasteiger partial charge in [-0.3, -0.25) is 9.78 Å². The molecule has 25 heavy (non-hydrogen) atoms. The third-order valence-corrected chi connectivity index (χ3v) is 3.64. The van der Waals surface area contributed by atoms with Crippen LogP contribution in [0.2, 0.25) is 5.02 Å². The summed E-state index contributed by atoms with van der Waals surface area (Å²) in [5.41, 5.74) is 1.81. The molecule has 3 aromatic rings. The molecule has 0 bridgehead atoms. The molecule has 2 aromatic carbocycles. The van der Waals surface area contributed by atoms with Crippen molar-refractivity contribution in [2.75, 3.05) is 5.32 Å². The molecule has 0 aliphatic carbocycles. The van der Waals surface area contributed by atoms with E-state index in [1.54, 1.807) is 42.5 Å². The average Bonchev–Trinajstić information content (AvgIpc) is 2.61. The highest BCUT2D eigenvalue weighted by molar-refractivity contribution is 6.30. The quantitative estimate of drug-likeness (QED) is 0.725. The van der Waals surface area contributed by atoms with E-state index in [1.807, 2.05) is 6.07 Å². The molecule has 126 valence electrons. The molecule has 0 aliphatic heterocycles. The molecule has 1 atom stereocenters. The van der Waals surface area contributed by atoms with Crippen LogP contribution < -0.4 is 5.32 Å². The van der Waals surface area contributed by atoms with Crippen molar-refractivity contribution >= 4 is 40.2 Å². The highest BCUT2D eigenvalue weighted by atomic mass is 35.5. The number of nitrogens with zero attached hydrogens (tertiary/aromatic N) is 2. The predicted molar refractivity (Wildman–Crippen MR) is 94.5 cm³/mol. The monoisotopic (exact) mass is 355 g/mol. The number of nitrogens with one attached hydrogen (secondary N) is 1. The van der Waals surface area contributed by atoms with Crippen LogP contribution in [0.1, 0.15) is 17.4 Å². The summed E-state index contributed by atoms with van der Waals surface area (Å²) in [5.74, 6) is -1.18. The van der Waals surface area contributed by atoms with Crippen LogP contribution in [-0.4, -0.2) is 27.9 Å². The summed E-state index contributed by atoms with van der Waals surface area (Å²) in [4.78, 5) is 32.7. The third-order valence-electron chi connectivity index (χ3n) is 3.40. The third kappa shape index (κ3) is 4.10. The summed E-state index contributed by atoms with van der Waals surface area (Å²) in [6.45, 7) is 1.48. The maximum atomic E-state index is 12.2. The molecule has 6 nitrogen and oxygen atoms in total. The zero-order valence-electron chi connectivity index (χ0n) is 13.3. The minimum Gasteiger partial charge on any atom is -0.448 e. The van der Waals surface area contributed by atoms with Gasteiger partial charge in [0.05, 0.1) is 17.2 Å². The number of esters is 1. The second-order valence-corrected chi connectivity index (χ2v) is 5.73. The van der Waals surface area contributed by atoms with Crippen LogP contribution in [0.5, 0.6) is 0 Å². The van der Waals surface area contributed by atoms with E-state index in [9.17, 15) is 9.59 Å². The molecule has 0 fully saturated rings. The van der Waals surface area contributed by atoms with Crippen molar-refractivity contribution in [2.24, 2.45) is 0 Å². The van der Waals surface area contributed by atoms with E-state index in [1.165, 1.54) is 13.1 Å². The van der Waals surface area contributed by atoms with Crippen molar-refractivity contribution in [3.05, 3.63) is 65.4 Å². The van der Waals surface area contributed by atoms with Gasteiger partial charge in [-0.15, -0.1) is 0 Å². The SMILES string of the molecule is CC(OC(=O)c1cnc2ccccc2n1)C(=O)Nc1cccc(Cl)c1. The second kappa shape index (κ2) is 7.27. The lowest BCUT2D eigenvalue weighted by atomic mass is 10.3. The first-order valence-corrected chi connectivity index (χ1v) is 7.90. The van der Waals surface area contributed by atoms with Gasteiger partial charge in [0.15, 0.2) is 11.8 Å². The number of aromatic nitrogens is 2. The van der Waals surface area contributed by atoms with Crippen molar-refractivity contribution < 1.29 is 14.3 Å². The number of ether oxygens (including phenoxy) is 1. The number of benzene rings is 2. The van der Waals surface area contributed by atoms with Crippen molar-refractivity contribution in [3.63, 3.8) is 0 Å². The summed E-state index contributed by atoms with van der Waals surface area (Å²) < 4.78 is 5.16. The first kappa shape index (κ1) is 16.9. The van der Waals surface area contributed by atoms with Crippen molar-refractivity contribution in [3.8, 4) is 0 Å². The van der Waals surface area contributed by atoms with Gasteiger partial charge < -0.3 is 10.1 Å². The van der Waals surface area contributed by atoms with E-state index in [4.69, 9.17) is 16.3 Å². The van der Waals surface area contributed by atoms with Crippen LogP contribution in [0.3, 0.4) is 0 Å². The van der Waals surface area contributed by atoms with E-state index in [-0.39, 0.29) is 5.69 Å². The number of fused-ring (bicyclic) bond motifs is 1. The van der Waals surface area contributed by atoms with Gasteiger partial charge in [-0.1, -0.05) is 29.8 Å². The van der Waals surface area contributed by atoms with Gasteiger partial charge in [0, 0.05) is 10.7 Å². The Morgan fingerprint density at radius 2 is 1.88 bits per heavy atom. The maximum Gasteiger partial charge on any atom is 0.359 e. The Labute approximate surface area is 148 Å². The number of carbonyl (C=O) groups excluding carboxylic acids is 2. The highest BCUT2D eigenvalue weighted by Crippen LogP contribution is 2.15.